The van der Waals surface area contributed by atoms with Gasteiger partial charge in [0.15, 0.2) is 23.3 Å². The van der Waals surface area contributed by atoms with Gasteiger partial charge in [-0.05, 0) is 0 Å². The van der Waals surface area contributed by atoms with Crippen molar-refractivity contribution in [2.45, 2.75) is 32.1 Å². The van der Waals surface area contributed by atoms with Crippen LogP contribution in [0.2, 0.25) is 0 Å². The van der Waals surface area contributed by atoms with Crippen LogP contribution in [0.15, 0.2) is 11.5 Å². The van der Waals surface area contributed by atoms with Crippen LogP contribution >= 0.6 is 0 Å². The van der Waals surface area contributed by atoms with Crippen molar-refractivity contribution >= 4 is 0 Å². The number of allylic oxidation sites excluding steroid dienone is 1. The molecule has 1 aliphatic rings. The molecule has 1 atom stereocenters. The molecule has 0 amide bonds. The third-order valence-corrected chi connectivity index (χ3v) is 4.22. The molecule has 10 heteroatoms. The molecule has 0 unspecified atom stereocenters. The maximum absolute atomic E-state index is 14.5. The van der Waals surface area contributed by atoms with Crippen LogP contribution in [-0.2, 0) is 5.41 Å². The van der Waals surface area contributed by atoms with Gasteiger partial charge < -0.3 is 10.5 Å². The van der Waals surface area contributed by atoms with Crippen LogP contribution in [0.4, 0.5) is 22.0 Å². The summed E-state index contributed by atoms with van der Waals surface area (Å²) in [4.78, 5) is 0. The van der Waals surface area contributed by atoms with Crippen molar-refractivity contribution in [3.8, 4) is 11.9 Å². The smallest absolute Gasteiger partial charge is 0.244 e. The normalized spacial score (nSPS) is 16.8. The van der Waals surface area contributed by atoms with Gasteiger partial charge in [-0.1, -0.05) is 20.8 Å². The highest BCUT2D eigenvalue weighted by Crippen LogP contribution is 2.47. The summed E-state index contributed by atoms with van der Waals surface area (Å²) in [7, 11) is 0. The molecule has 0 bridgehead atoms. The molecule has 2 heterocycles. The Morgan fingerprint density at radius 2 is 1.52 bits per heavy atom. The van der Waals surface area contributed by atoms with Crippen molar-refractivity contribution in [2.75, 3.05) is 0 Å². The van der Waals surface area contributed by atoms with E-state index in [0.29, 0.717) is 5.69 Å². The SMILES string of the molecule is CC(C)(C)c1[nH]nc2c1[C@H](c1c(F)c(F)c(F)c(F)c1F)C(C#N)=C(N)O2. The summed E-state index contributed by atoms with van der Waals surface area (Å²) in [5.41, 5.74) is 3.55. The van der Waals surface area contributed by atoms with Gasteiger partial charge in [0, 0.05) is 16.7 Å². The maximum atomic E-state index is 14.5. The summed E-state index contributed by atoms with van der Waals surface area (Å²) in [5, 5.41) is 15.9. The van der Waals surface area contributed by atoms with Gasteiger partial charge in [-0.25, -0.2) is 22.0 Å². The van der Waals surface area contributed by atoms with Crippen molar-refractivity contribution in [2.24, 2.45) is 5.73 Å². The first-order chi connectivity index (χ1) is 12.5. The molecule has 1 aliphatic heterocycles. The van der Waals surface area contributed by atoms with Gasteiger partial charge in [-0.15, -0.1) is 5.10 Å². The zero-order valence-electron chi connectivity index (χ0n) is 14.3. The highest BCUT2D eigenvalue weighted by Gasteiger charge is 2.42. The predicted octanol–water partition coefficient (Wildman–Crippen LogP) is 3.62. The molecule has 1 aromatic heterocycles. The number of hydrogen-bond acceptors (Lipinski definition) is 4. The Balaban J connectivity index is 2.44. The minimum Gasteiger partial charge on any atom is -0.420 e. The summed E-state index contributed by atoms with van der Waals surface area (Å²) in [5.74, 6) is -13.0. The van der Waals surface area contributed by atoms with Crippen LogP contribution in [0.1, 0.15) is 43.5 Å². The Bertz CT molecular complexity index is 1000. The van der Waals surface area contributed by atoms with Gasteiger partial charge in [0.1, 0.15) is 11.6 Å². The van der Waals surface area contributed by atoms with E-state index in [0.717, 1.165) is 0 Å². The van der Waals surface area contributed by atoms with Crippen LogP contribution in [0.3, 0.4) is 0 Å². The first kappa shape index (κ1) is 18.7. The zero-order chi connectivity index (χ0) is 20.3. The van der Waals surface area contributed by atoms with Gasteiger partial charge >= 0.3 is 0 Å². The quantitative estimate of drug-likeness (QED) is 0.447. The number of fused-ring (bicyclic) bond motifs is 1. The average Bonchev–Trinajstić information content (AvgIpc) is 3.02. The van der Waals surface area contributed by atoms with E-state index in [4.69, 9.17) is 10.5 Å². The monoisotopic (exact) mass is 384 g/mol. The van der Waals surface area contributed by atoms with Crippen LogP contribution < -0.4 is 10.5 Å². The van der Waals surface area contributed by atoms with Crippen molar-refractivity contribution in [3.63, 3.8) is 0 Å². The maximum Gasteiger partial charge on any atom is 0.244 e. The summed E-state index contributed by atoms with van der Waals surface area (Å²) in [6, 6.07) is 1.64. The van der Waals surface area contributed by atoms with E-state index in [1.54, 1.807) is 26.8 Å². The lowest BCUT2D eigenvalue weighted by molar-refractivity contribution is 0.357. The lowest BCUT2D eigenvalue weighted by atomic mass is 9.78. The summed E-state index contributed by atoms with van der Waals surface area (Å²) < 4.78 is 75.2. The average molecular weight is 384 g/mol. The Kier molecular flexibility index (Phi) is 4.14. The van der Waals surface area contributed by atoms with Crippen LogP contribution in [0, 0.1) is 40.4 Å². The fourth-order valence-corrected chi connectivity index (χ4v) is 2.98. The van der Waals surface area contributed by atoms with Gasteiger partial charge in [0.2, 0.25) is 17.6 Å². The molecule has 0 aliphatic carbocycles. The number of aromatic amines is 1. The first-order valence-corrected chi connectivity index (χ1v) is 7.68. The van der Waals surface area contributed by atoms with Crippen molar-refractivity contribution in [1.29, 1.82) is 5.26 Å². The van der Waals surface area contributed by atoms with Crippen LogP contribution in [0.5, 0.6) is 5.88 Å². The standard InChI is InChI=1S/C17H13F5N4O/c1-17(2,3)14-8-6(5(4-23)15(24)27-16(8)26-25-14)7-9(18)11(20)13(22)12(21)10(7)19/h6H,24H2,1-3H3,(H,25,26)/t6-/m0/s1. The lowest BCUT2D eigenvalue weighted by Crippen LogP contribution is -2.26. The molecular weight excluding hydrogens is 371 g/mol. The van der Waals surface area contributed by atoms with E-state index in [2.05, 4.69) is 10.2 Å². The molecule has 0 saturated heterocycles. The lowest BCUT2D eigenvalue weighted by Gasteiger charge is -2.28. The molecule has 5 nitrogen and oxygen atoms in total. The van der Waals surface area contributed by atoms with Crippen molar-refractivity contribution < 1.29 is 26.7 Å². The molecule has 0 saturated carbocycles. The largest absolute Gasteiger partial charge is 0.420 e. The topological polar surface area (TPSA) is 87.7 Å². The first-order valence-electron chi connectivity index (χ1n) is 7.68. The molecule has 2 aromatic rings. The number of nitrogens with two attached hydrogens (primary N) is 1. The molecule has 27 heavy (non-hydrogen) atoms. The van der Waals surface area contributed by atoms with Crippen molar-refractivity contribution in [1.82, 2.24) is 10.2 Å². The Hall–Kier alpha value is -3.09. The number of nitrogens with zero attached hydrogens (tertiary/aromatic N) is 2. The van der Waals surface area contributed by atoms with Gasteiger partial charge in [0.25, 0.3) is 0 Å². The van der Waals surface area contributed by atoms with Gasteiger partial charge in [-0.2, -0.15) is 5.26 Å². The molecular formula is C17H13F5N4O. The Morgan fingerprint density at radius 1 is 1.00 bits per heavy atom. The molecule has 3 rings (SSSR count). The molecule has 142 valence electrons. The van der Waals surface area contributed by atoms with Crippen LogP contribution in [-0.4, -0.2) is 10.2 Å². The van der Waals surface area contributed by atoms with E-state index in [1.807, 2.05) is 0 Å². The molecule has 3 N–H and O–H groups in total. The Labute approximate surface area is 150 Å². The second-order valence-electron chi connectivity index (χ2n) is 6.98. The molecule has 0 fully saturated rings. The number of nitriles is 1. The van der Waals surface area contributed by atoms with Crippen LogP contribution in [0.25, 0.3) is 0 Å². The number of halogens is 5. The van der Waals surface area contributed by atoms with E-state index in [-0.39, 0.29) is 11.4 Å². The number of aromatic nitrogens is 2. The predicted molar refractivity (Wildman–Crippen MR) is 82.8 cm³/mol. The van der Waals surface area contributed by atoms with Gasteiger partial charge in [0.05, 0.1) is 11.5 Å². The molecule has 0 spiro atoms. The number of nitrogens with one attached hydrogen (secondary N) is 1. The second kappa shape index (κ2) is 5.97. The van der Waals surface area contributed by atoms with E-state index >= 15 is 0 Å². The second-order valence-corrected chi connectivity index (χ2v) is 6.98. The van der Waals surface area contributed by atoms with E-state index in [1.165, 1.54) is 0 Å². The minimum absolute atomic E-state index is 0.0172. The number of ether oxygens (including phenoxy) is 1. The molecule has 1 aromatic carbocycles. The van der Waals surface area contributed by atoms with Crippen molar-refractivity contribution in [3.05, 3.63) is 57.4 Å². The van der Waals surface area contributed by atoms with Gasteiger partial charge in [-0.3, -0.25) is 5.10 Å². The third-order valence-electron chi connectivity index (χ3n) is 4.22. The minimum atomic E-state index is -2.29. The fourth-order valence-electron chi connectivity index (χ4n) is 2.98. The highest BCUT2D eigenvalue weighted by atomic mass is 19.2. The fraction of sp³-hybridized carbons (Fsp3) is 0.294. The number of hydrogen-bond donors (Lipinski definition) is 2. The summed E-state index contributed by atoms with van der Waals surface area (Å²) in [6.45, 7) is 5.18. The number of benzene rings is 1. The molecule has 0 radical (unpaired) electrons. The highest BCUT2D eigenvalue weighted by molar-refractivity contribution is 5.57. The third kappa shape index (κ3) is 2.61. The number of rotatable bonds is 1. The number of H-pyrrole nitrogens is 1. The summed E-state index contributed by atoms with van der Waals surface area (Å²) >= 11 is 0. The summed E-state index contributed by atoms with van der Waals surface area (Å²) in [6.07, 6.45) is 0. The van der Waals surface area contributed by atoms with E-state index in [9.17, 15) is 27.2 Å². The zero-order valence-corrected chi connectivity index (χ0v) is 14.3. The van der Waals surface area contributed by atoms with E-state index < -0.39 is 57.4 Å². The Morgan fingerprint density at radius 3 is 2.00 bits per heavy atom.